The maximum atomic E-state index is 3.25. The van der Waals surface area contributed by atoms with Crippen LogP contribution in [0.3, 0.4) is 0 Å². The van der Waals surface area contributed by atoms with Crippen LogP contribution in [0.4, 0.5) is 0 Å². The van der Waals surface area contributed by atoms with Gasteiger partial charge in [0.25, 0.3) is 0 Å². The van der Waals surface area contributed by atoms with E-state index in [4.69, 9.17) is 0 Å². The van der Waals surface area contributed by atoms with E-state index in [2.05, 4.69) is 13.5 Å². The Morgan fingerprint density at radius 2 is 1.75 bits per heavy atom. The molecule has 0 amide bonds. The molecule has 0 spiro atoms. The molecular weight excluding hydrogens is 139 g/mol. The molecule has 0 aliphatic carbocycles. The van der Waals surface area contributed by atoms with Crippen LogP contribution >= 0.6 is 0 Å². The second-order valence-corrected chi connectivity index (χ2v) is 0.289. The Labute approximate surface area is 39.7 Å². The van der Waals surface area contributed by atoms with E-state index in [1.165, 1.54) is 6.08 Å². The molecule has 1 heteroatoms. The average molecular weight is 144 g/mol. The SMILES string of the molecule is C=C[CH2-].[Rh]. The second kappa shape index (κ2) is 10.6. The minimum absolute atomic E-state index is 0. The predicted octanol–water partition coefficient (Wildman–Crippen LogP) is 1.00. The Bertz CT molecular complexity index is 10.8. The van der Waals surface area contributed by atoms with Gasteiger partial charge in [-0.2, -0.15) is 0 Å². The molecule has 0 aliphatic rings. The molecule has 0 heterocycles. The molecule has 0 nitrogen and oxygen atoms in total. The van der Waals surface area contributed by atoms with Gasteiger partial charge in [-0.3, -0.25) is 0 Å². The molecule has 0 aliphatic heterocycles. The quantitative estimate of drug-likeness (QED) is 0.351. The van der Waals surface area contributed by atoms with Crippen molar-refractivity contribution in [3.63, 3.8) is 0 Å². The Morgan fingerprint density at radius 3 is 1.75 bits per heavy atom. The van der Waals surface area contributed by atoms with Crippen molar-refractivity contribution in [2.45, 2.75) is 0 Å². The summed E-state index contributed by atoms with van der Waals surface area (Å²) in [6.45, 7) is 6.50. The molecule has 0 N–H and O–H groups in total. The number of allylic oxidation sites excluding steroid dienone is 1. The van der Waals surface area contributed by atoms with Gasteiger partial charge in [0.15, 0.2) is 0 Å². The minimum Gasteiger partial charge on any atom is -0.245 e. The van der Waals surface area contributed by atoms with Gasteiger partial charge in [0, 0.05) is 19.5 Å². The summed E-state index contributed by atoms with van der Waals surface area (Å²) in [5.74, 6) is 0. The Hall–Kier alpha value is 0.233. The Balaban J connectivity index is 0. The van der Waals surface area contributed by atoms with E-state index in [0.29, 0.717) is 0 Å². The largest absolute Gasteiger partial charge is 0.245 e. The van der Waals surface area contributed by atoms with Crippen molar-refractivity contribution in [3.8, 4) is 0 Å². The summed E-state index contributed by atoms with van der Waals surface area (Å²) in [5, 5.41) is 0. The van der Waals surface area contributed by atoms with E-state index in [9.17, 15) is 0 Å². The van der Waals surface area contributed by atoms with E-state index in [1.807, 2.05) is 0 Å². The molecule has 0 aromatic heterocycles. The van der Waals surface area contributed by atoms with Crippen LogP contribution < -0.4 is 0 Å². The van der Waals surface area contributed by atoms with E-state index in [0.717, 1.165) is 0 Å². The molecule has 0 bridgehead atoms. The molecule has 0 rings (SSSR count). The summed E-state index contributed by atoms with van der Waals surface area (Å²) >= 11 is 0. The second-order valence-electron chi connectivity index (χ2n) is 0.289. The molecule has 1 radical (unpaired) electrons. The molecule has 0 saturated carbocycles. The van der Waals surface area contributed by atoms with Gasteiger partial charge in [0.1, 0.15) is 0 Å². The molecule has 0 unspecified atom stereocenters. The summed E-state index contributed by atoms with van der Waals surface area (Å²) in [6.07, 6.45) is 1.50. The maximum Gasteiger partial charge on any atom is 0 e. The average Bonchev–Trinajstić information content (AvgIpc) is 0.918. The van der Waals surface area contributed by atoms with Gasteiger partial charge in [-0.05, 0) is 0 Å². The van der Waals surface area contributed by atoms with E-state index >= 15 is 0 Å². The van der Waals surface area contributed by atoms with Crippen LogP contribution in [-0.2, 0) is 19.5 Å². The fourth-order valence-corrected chi connectivity index (χ4v) is 0. The number of hydrogen-bond donors (Lipinski definition) is 0. The summed E-state index contributed by atoms with van der Waals surface area (Å²) in [7, 11) is 0. The minimum atomic E-state index is 0. The van der Waals surface area contributed by atoms with Gasteiger partial charge in [-0.15, -0.1) is 0 Å². The van der Waals surface area contributed by atoms with Gasteiger partial charge in [-0.1, -0.05) is 0 Å². The summed E-state index contributed by atoms with van der Waals surface area (Å²) < 4.78 is 0. The predicted molar refractivity (Wildman–Crippen MR) is 15.6 cm³/mol. The first kappa shape index (κ1) is 8.87. The molecule has 0 aromatic carbocycles. The third-order valence-electron chi connectivity index (χ3n) is 0. The molecule has 4 heavy (non-hydrogen) atoms. The van der Waals surface area contributed by atoms with E-state index < -0.39 is 0 Å². The molecule has 0 saturated heterocycles. The fraction of sp³-hybridized carbons (Fsp3) is 0. The van der Waals surface area contributed by atoms with Crippen LogP contribution in [0.1, 0.15) is 0 Å². The maximum absolute atomic E-state index is 3.25. The first-order chi connectivity index (χ1) is 1.41. The molecule has 0 atom stereocenters. The van der Waals surface area contributed by atoms with Crippen LogP contribution in [0.5, 0.6) is 0 Å². The van der Waals surface area contributed by atoms with Gasteiger partial charge in [-0.25, -0.2) is 19.6 Å². The fourth-order valence-electron chi connectivity index (χ4n) is 0. The summed E-state index contributed by atoms with van der Waals surface area (Å²) in [4.78, 5) is 0. The molecule has 27 valence electrons. The monoisotopic (exact) mass is 144 g/mol. The zero-order chi connectivity index (χ0) is 2.71. The zero-order valence-electron chi connectivity index (χ0n) is 2.32. The first-order valence-corrected chi connectivity index (χ1v) is 0.816. The number of rotatable bonds is 0. The standard InChI is InChI=1S/C3H5.Rh/c1-3-2;/h3H,1-2H2;/q-1;. The van der Waals surface area contributed by atoms with E-state index in [1.54, 1.807) is 0 Å². The first-order valence-electron chi connectivity index (χ1n) is 0.816. The topological polar surface area (TPSA) is 0 Å². The summed E-state index contributed by atoms with van der Waals surface area (Å²) in [6, 6.07) is 0. The molecular formula is C3H5Rh-. The van der Waals surface area contributed by atoms with Crippen molar-refractivity contribution in [1.29, 1.82) is 0 Å². The van der Waals surface area contributed by atoms with Gasteiger partial charge in [0.05, 0.1) is 0 Å². The zero-order valence-corrected chi connectivity index (χ0v) is 3.96. The molecule has 0 aromatic rings. The van der Waals surface area contributed by atoms with Crippen molar-refractivity contribution >= 4 is 0 Å². The van der Waals surface area contributed by atoms with Crippen molar-refractivity contribution in [2.24, 2.45) is 0 Å². The third-order valence-corrected chi connectivity index (χ3v) is 0. The van der Waals surface area contributed by atoms with Crippen LogP contribution in [-0.4, -0.2) is 0 Å². The van der Waals surface area contributed by atoms with Crippen molar-refractivity contribution in [2.75, 3.05) is 0 Å². The van der Waals surface area contributed by atoms with Crippen molar-refractivity contribution in [3.05, 3.63) is 19.6 Å². The Morgan fingerprint density at radius 1 is 1.75 bits per heavy atom. The van der Waals surface area contributed by atoms with Gasteiger partial charge < -0.3 is 0 Å². The Kier molecular flexibility index (Phi) is 23.5. The van der Waals surface area contributed by atoms with Crippen molar-refractivity contribution < 1.29 is 19.5 Å². The van der Waals surface area contributed by atoms with Crippen LogP contribution in [0.15, 0.2) is 12.7 Å². The molecule has 0 fully saturated rings. The number of hydrogen-bond acceptors (Lipinski definition) is 0. The van der Waals surface area contributed by atoms with E-state index in [-0.39, 0.29) is 19.5 Å². The van der Waals surface area contributed by atoms with Gasteiger partial charge >= 0.3 is 0 Å². The third kappa shape index (κ3) is 62.4. The smallest absolute Gasteiger partial charge is 0 e. The van der Waals surface area contributed by atoms with Crippen LogP contribution in [0.25, 0.3) is 0 Å². The van der Waals surface area contributed by atoms with Gasteiger partial charge in [0.2, 0.25) is 0 Å². The van der Waals surface area contributed by atoms with Crippen LogP contribution in [0.2, 0.25) is 0 Å². The van der Waals surface area contributed by atoms with Crippen molar-refractivity contribution in [1.82, 2.24) is 0 Å². The summed E-state index contributed by atoms with van der Waals surface area (Å²) in [5.41, 5.74) is 0. The van der Waals surface area contributed by atoms with Crippen LogP contribution in [0, 0.1) is 6.92 Å². The normalized spacial score (nSPS) is 3.00.